The van der Waals surface area contributed by atoms with Crippen molar-refractivity contribution in [2.75, 3.05) is 0 Å². The van der Waals surface area contributed by atoms with E-state index in [2.05, 4.69) is 14.7 Å². The Bertz CT molecular complexity index is 478. The van der Waals surface area contributed by atoms with Crippen molar-refractivity contribution >= 4 is 0 Å². The number of nitrogens with zero attached hydrogens (tertiary/aromatic N) is 2. The fraction of sp³-hybridized carbons (Fsp3) is 0.200. The highest BCUT2D eigenvalue weighted by molar-refractivity contribution is 5.29. The molecule has 4 nitrogen and oxygen atoms in total. The van der Waals surface area contributed by atoms with Crippen molar-refractivity contribution in [3.63, 3.8) is 0 Å². The Morgan fingerprint density at radius 2 is 1.82 bits per heavy atom. The van der Waals surface area contributed by atoms with E-state index in [4.69, 9.17) is 5.73 Å². The lowest BCUT2D eigenvalue weighted by atomic mass is 10.0. The lowest BCUT2D eigenvalue weighted by Gasteiger charge is -2.10. The first-order chi connectivity index (χ1) is 7.98. The molecule has 0 bridgehead atoms. The van der Waals surface area contributed by atoms with E-state index in [1.54, 1.807) is 0 Å². The van der Waals surface area contributed by atoms with Crippen molar-refractivity contribution < 1.29 is 17.7 Å². The van der Waals surface area contributed by atoms with Gasteiger partial charge >= 0.3 is 6.18 Å². The molecule has 0 fully saturated rings. The van der Waals surface area contributed by atoms with E-state index in [9.17, 15) is 13.2 Å². The molecule has 0 saturated heterocycles. The van der Waals surface area contributed by atoms with Gasteiger partial charge in [0.1, 0.15) is 0 Å². The third kappa shape index (κ3) is 2.44. The fourth-order valence-corrected chi connectivity index (χ4v) is 1.34. The highest BCUT2D eigenvalue weighted by Crippen LogP contribution is 2.30. The Kier molecular flexibility index (Phi) is 2.84. The summed E-state index contributed by atoms with van der Waals surface area (Å²) >= 11 is 0. The first-order valence-electron chi connectivity index (χ1n) is 4.67. The summed E-state index contributed by atoms with van der Waals surface area (Å²) in [5.41, 5.74) is 5.52. The van der Waals surface area contributed by atoms with Crippen LogP contribution in [-0.2, 0) is 6.18 Å². The molecule has 1 unspecified atom stereocenters. The van der Waals surface area contributed by atoms with E-state index in [-0.39, 0.29) is 5.82 Å². The topological polar surface area (TPSA) is 64.9 Å². The summed E-state index contributed by atoms with van der Waals surface area (Å²) in [5.74, 6) is 0.227. The van der Waals surface area contributed by atoms with Gasteiger partial charge in [0, 0.05) is 0 Å². The lowest BCUT2D eigenvalue weighted by Crippen LogP contribution is -2.14. The van der Waals surface area contributed by atoms with Crippen LogP contribution in [0.5, 0.6) is 0 Å². The molecular formula is C10H8F3N3O. The minimum atomic E-state index is -4.35. The lowest BCUT2D eigenvalue weighted by molar-refractivity contribution is -0.137. The van der Waals surface area contributed by atoms with Crippen LogP contribution in [0.2, 0.25) is 0 Å². The molecule has 2 rings (SSSR count). The van der Waals surface area contributed by atoms with Gasteiger partial charge in [0.2, 0.25) is 6.39 Å². The predicted octanol–water partition coefficient (Wildman–Crippen LogP) is 2.14. The van der Waals surface area contributed by atoms with Gasteiger partial charge in [-0.2, -0.15) is 18.2 Å². The zero-order chi connectivity index (χ0) is 12.5. The van der Waals surface area contributed by atoms with Crippen molar-refractivity contribution in [3.8, 4) is 0 Å². The molecule has 90 valence electrons. The van der Waals surface area contributed by atoms with Crippen LogP contribution in [0.25, 0.3) is 0 Å². The number of hydrogen-bond acceptors (Lipinski definition) is 4. The summed E-state index contributed by atoms with van der Waals surface area (Å²) in [6.45, 7) is 0. The molecule has 0 aliphatic heterocycles. The van der Waals surface area contributed by atoms with Gasteiger partial charge in [-0.25, -0.2) is 0 Å². The summed E-state index contributed by atoms with van der Waals surface area (Å²) in [6.07, 6.45) is -3.24. The van der Waals surface area contributed by atoms with Crippen LogP contribution in [0.3, 0.4) is 0 Å². The molecule has 17 heavy (non-hydrogen) atoms. The number of nitrogens with two attached hydrogens (primary N) is 1. The van der Waals surface area contributed by atoms with Crippen molar-refractivity contribution in [2.24, 2.45) is 5.73 Å². The van der Waals surface area contributed by atoms with E-state index in [0.717, 1.165) is 18.5 Å². The van der Waals surface area contributed by atoms with E-state index in [1.165, 1.54) is 12.1 Å². The summed E-state index contributed by atoms with van der Waals surface area (Å²) in [7, 11) is 0. The minimum Gasteiger partial charge on any atom is -0.343 e. The van der Waals surface area contributed by atoms with Gasteiger partial charge in [0.25, 0.3) is 0 Å². The molecule has 1 heterocycles. The van der Waals surface area contributed by atoms with Crippen molar-refractivity contribution in [1.29, 1.82) is 0 Å². The smallest absolute Gasteiger partial charge is 0.343 e. The second-order valence-corrected chi connectivity index (χ2v) is 3.39. The molecule has 0 aliphatic rings. The Labute approximate surface area is 94.2 Å². The zero-order valence-corrected chi connectivity index (χ0v) is 8.48. The van der Waals surface area contributed by atoms with Gasteiger partial charge < -0.3 is 10.3 Å². The van der Waals surface area contributed by atoms with Crippen molar-refractivity contribution in [2.45, 2.75) is 12.2 Å². The molecule has 0 spiro atoms. The van der Waals surface area contributed by atoms with Gasteiger partial charge in [0.15, 0.2) is 5.82 Å². The molecule has 0 amide bonds. The second kappa shape index (κ2) is 4.17. The first kappa shape index (κ1) is 11.6. The van der Waals surface area contributed by atoms with E-state index in [1.807, 2.05) is 0 Å². The van der Waals surface area contributed by atoms with Crippen LogP contribution in [0.15, 0.2) is 35.2 Å². The van der Waals surface area contributed by atoms with Crippen LogP contribution in [-0.4, -0.2) is 10.1 Å². The molecule has 1 atom stereocenters. The molecule has 1 aromatic heterocycles. The number of halogens is 3. The molecule has 0 aliphatic carbocycles. The highest BCUT2D eigenvalue weighted by Gasteiger charge is 2.30. The molecule has 1 aromatic carbocycles. The SMILES string of the molecule is NC(c1ccc(C(F)(F)F)cc1)c1ncon1. The third-order valence-corrected chi connectivity index (χ3v) is 2.25. The van der Waals surface area contributed by atoms with Gasteiger partial charge in [-0.05, 0) is 17.7 Å². The van der Waals surface area contributed by atoms with Crippen molar-refractivity contribution in [3.05, 3.63) is 47.6 Å². The van der Waals surface area contributed by atoms with Crippen LogP contribution in [0.4, 0.5) is 13.2 Å². The second-order valence-electron chi connectivity index (χ2n) is 3.39. The number of aromatic nitrogens is 2. The number of hydrogen-bond donors (Lipinski definition) is 1. The molecule has 7 heteroatoms. The maximum absolute atomic E-state index is 12.3. The highest BCUT2D eigenvalue weighted by atomic mass is 19.4. The molecular weight excluding hydrogens is 235 g/mol. The summed E-state index contributed by atoms with van der Waals surface area (Å²) in [5, 5.41) is 3.53. The standard InChI is InChI=1S/C10H8F3N3O/c11-10(12,13)7-3-1-6(2-4-7)8(14)9-15-5-17-16-9/h1-5,8H,14H2. The Morgan fingerprint density at radius 1 is 1.18 bits per heavy atom. The average molecular weight is 243 g/mol. The fourth-order valence-electron chi connectivity index (χ4n) is 1.34. The average Bonchev–Trinajstić information content (AvgIpc) is 2.80. The van der Waals surface area contributed by atoms with E-state index in [0.29, 0.717) is 5.56 Å². The summed E-state index contributed by atoms with van der Waals surface area (Å²) in [6, 6.07) is 3.83. The third-order valence-electron chi connectivity index (χ3n) is 2.25. The van der Waals surface area contributed by atoms with Gasteiger partial charge in [0.05, 0.1) is 11.6 Å². The van der Waals surface area contributed by atoms with Gasteiger partial charge in [-0.15, -0.1) is 0 Å². The van der Waals surface area contributed by atoms with Crippen LogP contribution in [0.1, 0.15) is 23.0 Å². The Morgan fingerprint density at radius 3 is 2.29 bits per heavy atom. The van der Waals surface area contributed by atoms with E-state index < -0.39 is 17.8 Å². The van der Waals surface area contributed by atoms with Crippen molar-refractivity contribution in [1.82, 2.24) is 10.1 Å². The Hall–Kier alpha value is -1.89. The number of benzene rings is 1. The summed E-state index contributed by atoms with van der Waals surface area (Å²) in [4.78, 5) is 3.74. The Balaban J connectivity index is 2.24. The largest absolute Gasteiger partial charge is 0.416 e. The number of rotatable bonds is 2. The molecule has 2 aromatic rings. The van der Waals surface area contributed by atoms with E-state index >= 15 is 0 Å². The summed E-state index contributed by atoms with van der Waals surface area (Å²) < 4.78 is 41.5. The van der Waals surface area contributed by atoms with Gasteiger partial charge in [-0.1, -0.05) is 17.3 Å². The molecule has 2 N–H and O–H groups in total. The van der Waals surface area contributed by atoms with Crippen LogP contribution >= 0.6 is 0 Å². The quantitative estimate of drug-likeness (QED) is 0.877. The number of alkyl halides is 3. The maximum atomic E-state index is 12.3. The first-order valence-corrected chi connectivity index (χ1v) is 4.67. The molecule has 0 saturated carbocycles. The minimum absolute atomic E-state index is 0.227. The predicted molar refractivity (Wildman–Crippen MR) is 51.8 cm³/mol. The van der Waals surface area contributed by atoms with Crippen LogP contribution in [0, 0.1) is 0 Å². The van der Waals surface area contributed by atoms with Gasteiger partial charge in [-0.3, -0.25) is 0 Å². The monoisotopic (exact) mass is 243 g/mol. The van der Waals surface area contributed by atoms with Crippen LogP contribution < -0.4 is 5.73 Å². The maximum Gasteiger partial charge on any atom is 0.416 e. The normalized spacial score (nSPS) is 13.6. The zero-order valence-electron chi connectivity index (χ0n) is 8.48. The molecule has 0 radical (unpaired) electrons.